The second-order valence-corrected chi connectivity index (χ2v) is 3.79. The van der Waals surface area contributed by atoms with Gasteiger partial charge in [-0.25, -0.2) is 0 Å². The molecule has 2 unspecified atom stereocenters. The molecular weight excluding hydrogens is 180 g/mol. The van der Waals surface area contributed by atoms with E-state index in [1.807, 2.05) is 11.8 Å². The number of rotatable bonds is 3. The lowest BCUT2D eigenvalue weighted by molar-refractivity contribution is -0.144. The highest BCUT2D eigenvalue weighted by Crippen LogP contribution is 2.15. The average Bonchev–Trinajstić information content (AvgIpc) is 2.18. The molecule has 0 spiro atoms. The first kappa shape index (κ1) is 11.5. The van der Waals surface area contributed by atoms with Crippen LogP contribution in [0.5, 0.6) is 0 Å². The number of morpholine rings is 1. The molecule has 0 saturated carbocycles. The molecule has 1 fully saturated rings. The highest BCUT2D eigenvalue weighted by molar-refractivity contribution is 5.76. The zero-order valence-electron chi connectivity index (χ0n) is 9.03. The zero-order valence-corrected chi connectivity index (χ0v) is 9.03. The van der Waals surface area contributed by atoms with Crippen molar-refractivity contribution >= 4 is 5.91 Å². The van der Waals surface area contributed by atoms with E-state index < -0.39 is 0 Å². The molecule has 1 rings (SSSR count). The van der Waals surface area contributed by atoms with Crippen molar-refractivity contribution in [1.29, 1.82) is 0 Å². The van der Waals surface area contributed by atoms with E-state index in [-0.39, 0.29) is 18.1 Å². The number of carbonyl (C=O) groups is 1. The van der Waals surface area contributed by atoms with Crippen molar-refractivity contribution in [3.8, 4) is 0 Å². The number of hydrogen-bond acceptors (Lipinski definition) is 3. The van der Waals surface area contributed by atoms with Gasteiger partial charge in [0.25, 0.3) is 0 Å². The monoisotopic (exact) mass is 200 g/mol. The van der Waals surface area contributed by atoms with Crippen molar-refractivity contribution in [2.75, 3.05) is 19.7 Å². The molecule has 0 aromatic carbocycles. The van der Waals surface area contributed by atoms with Gasteiger partial charge in [-0.05, 0) is 13.3 Å². The van der Waals surface area contributed by atoms with Gasteiger partial charge in [0.05, 0.1) is 18.8 Å². The zero-order chi connectivity index (χ0) is 10.6. The van der Waals surface area contributed by atoms with Crippen LogP contribution in [0.4, 0.5) is 0 Å². The molecule has 1 aliphatic rings. The minimum Gasteiger partial charge on any atom is -0.375 e. The normalized spacial score (nSPS) is 27.8. The van der Waals surface area contributed by atoms with Crippen molar-refractivity contribution in [3.63, 3.8) is 0 Å². The van der Waals surface area contributed by atoms with Gasteiger partial charge in [0, 0.05) is 19.5 Å². The maximum atomic E-state index is 11.7. The largest absolute Gasteiger partial charge is 0.375 e. The van der Waals surface area contributed by atoms with Gasteiger partial charge in [-0.1, -0.05) is 6.92 Å². The number of hydrogen-bond donors (Lipinski definition) is 1. The summed E-state index contributed by atoms with van der Waals surface area (Å²) in [5.74, 6) is 0.162. The third-order valence-corrected chi connectivity index (χ3v) is 2.62. The summed E-state index contributed by atoms with van der Waals surface area (Å²) in [6.45, 7) is 5.87. The van der Waals surface area contributed by atoms with Gasteiger partial charge >= 0.3 is 0 Å². The number of ether oxygens (including phenoxy) is 1. The van der Waals surface area contributed by atoms with Crippen LogP contribution in [0.3, 0.4) is 0 Å². The number of nitrogens with two attached hydrogens (primary N) is 1. The topological polar surface area (TPSA) is 55.6 Å². The first-order valence-corrected chi connectivity index (χ1v) is 5.30. The highest BCUT2D eigenvalue weighted by atomic mass is 16.5. The third-order valence-electron chi connectivity index (χ3n) is 2.62. The van der Waals surface area contributed by atoms with Gasteiger partial charge in [0.15, 0.2) is 0 Å². The maximum absolute atomic E-state index is 11.7. The van der Waals surface area contributed by atoms with Crippen LogP contribution in [0.15, 0.2) is 0 Å². The lowest BCUT2D eigenvalue weighted by atomic mass is 10.1. The predicted octanol–water partition coefficient (Wildman–Crippen LogP) is 0.361. The van der Waals surface area contributed by atoms with Crippen LogP contribution in [-0.4, -0.2) is 42.6 Å². The lowest BCUT2D eigenvalue weighted by Gasteiger charge is -2.38. The van der Waals surface area contributed by atoms with E-state index in [1.165, 1.54) is 0 Å². The summed E-state index contributed by atoms with van der Waals surface area (Å²) in [4.78, 5) is 13.6. The van der Waals surface area contributed by atoms with Crippen LogP contribution < -0.4 is 5.73 Å². The Hall–Kier alpha value is -0.610. The van der Waals surface area contributed by atoms with Gasteiger partial charge in [-0.15, -0.1) is 0 Å². The maximum Gasteiger partial charge on any atom is 0.224 e. The van der Waals surface area contributed by atoms with Crippen LogP contribution >= 0.6 is 0 Å². The molecule has 0 aromatic heterocycles. The molecule has 1 heterocycles. The van der Waals surface area contributed by atoms with Crippen LogP contribution in [0.25, 0.3) is 0 Å². The van der Waals surface area contributed by atoms with E-state index in [2.05, 4.69) is 6.92 Å². The van der Waals surface area contributed by atoms with Crippen LogP contribution in [0.2, 0.25) is 0 Å². The van der Waals surface area contributed by atoms with Crippen molar-refractivity contribution < 1.29 is 9.53 Å². The molecule has 1 saturated heterocycles. The fraction of sp³-hybridized carbons (Fsp3) is 0.900. The molecule has 1 aliphatic heterocycles. The minimum absolute atomic E-state index is 0.152. The Balaban J connectivity index is 2.56. The van der Waals surface area contributed by atoms with E-state index in [0.29, 0.717) is 26.1 Å². The molecular formula is C10H20N2O2. The fourth-order valence-electron chi connectivity index (χ4n) is 1.75. The summed E-state index contributed by atoms with van der Waals surface area (Å²) in [5.41, 5.74) is 5.38. The van der Waals surface area contributed by atoms with Crippen molar-refractivity contribution in [3.05, 3.63) is 0 Å². The third kappa shape index (κ3) is 2.69. The summed E-state index contributed by atoms with van der Waals surface area (Å²) < 4.78 is 5.51. The lowest BCUT2D eigenvalue weighted by Crippen LogP contribution is -2.51. The quantitative estimate of drug-likeness (QED) is 0.715. The van der Waals surface area contributed by atoms with Gasteiger partial charge in [0.1, 0.15) is 0 Å². The van der Waals surface area contributed by atoms with Crippen LogP contribution in [-0.2, 0) is 9.53 Å². The molecule has 82 valence electrons. The smallest absolute Gasteiger partial charge is 0.224 e. The van der Waals surface area contributed by atoms with Gasteiger partial charge in [0.2, 0.25) is 5.91 Å². The van der Waals surface area contributed by atoms with E-state index in [4.69, 9.17) is 10.5 Å². The summed E-state index contributed by atoms with van der Waals surface area (Å²) >= 11 is 0. The van der Waals surface area contributed by atoms with E-state index >= 15 is 0 Å². The second kappa shape index (κ2) is 5.32. The van der Waals surface area contributed by atoms with Gasteiger partial charge in [-0.3, -0.25) is 4.79 Å². The molecule has 0 aliphatic carbocycles. The Morgan fingerprint density at radius 3 is 2.93 bits per heavy atom. The standard InChI is InChI=1S/C10H20N2O2/c1-3-9-7-14-8(2)6-12(9)10(13)4-5-11/h8-9H,3-7,11H2,1-2H3. The fourth-order valence-corrected chi connectivity index (χ4v) is 1.75. The molecule has 2 N–H and O–H groups in total. The van der Waals surface area contributed by atoms with Gasteiger partial charge < -0.3 is 15.4 Å². The van der Waals surface area contributed by atoms with Crippen LogP contribution in [0, 0.1) is 0 Å². The van der Waals surface area contributed by atoms with E-state index in [0.717, 1.165) is 6.42 Å². The molecule has 14 heavy (non-hydrogen) atoms. The molecule has 2 atom stereocenters. The molecule has 0 aromatic rings. The van der Waals surface area contributed by atoms with E-state index in [9.17, 15) is 4.79 Å². The SMILES string of the molecule is CCC1COC(C)CN1C(=O)CCN. The first-order valence-electron chi connectivity index (χ1n) is 5.30. The Bertz CT molecular complexity index is 197. The van der Waals surface area contributed by atoms with Crippen LogP contribution in [0.1, 0.15) is 26.7 Å². The first-order chi connectivity index (χ1) is 6.69. The van der Waals surface area contributed by atoms with Gasteiger partial charge in [-0.2, -0.15) is 0 Å². The molecule has 4 nitrogen and oxygen atoms in total. The summed E-state index contributed by atoms with van der Waals surface area (Å²) in [5, 5.41) is 0. The number of nitrogens with zero attached hydrogens (tertiary/aromatic N) is 1. The molecule has 1 amide bonds. The number of amides is 1. The predicted molar refractivity (Wildman–Crippen MR) is 54.9 cm³/mol. The molecule has 0 bridgehead atoms. The second-order valence-electron chi connectivity index (χ2n) is 3.79. The Labute approximate surface area is 85.4 Å². The van der Waals surface area contributed by atoms with Crippen molar-refractivity contribution in [2.24, 2.45) is 5.73 Å². The summed E-state index contributed by atoms with van der Waals surface area (Å²) in [6.07, 6.45) is 1.55. The van der Waals surface area contributed by atoms with Crippen molar-refractivity contribution in [2.45, 2.75) is 38.8 Å². The van der Waals surface area contributed by atoms with Crippen molar-refractivity contribution in [1.82, 2.24) is 4.90 Å². The van der Waals surface area contributed by atoms with E-state index in [1.54, 1.807) is 0 Å². The Kier molecular flexibility index (Phi) is 4.35. The summed E-state index contributed by atoms with van der Waals surface area (Å²) in [6, 6.07) is 0.241. The molecule has 0 radical (unpaired) electrons. The Morgan fingerprint density at radius 2 is 2.36 bits per heavy atom. The average molecular weight is 200 g/mol. The number of carbonyl (C=O) groups excluding carboxylic acids is 1. The highest BCUT2D eigenvalue weighted by Gasteiger charge is 2.28. The Morgan fingerprint density at radius 1 is 1.64 bits per heavy atom. The minimum atomic E-state index is 0.152. The summed E-state index contributed by atoms with van der Waals surface area (Å²) in [7, 11) is 0. The molecule has 4 heteroatoms.